The topological polar surface area (TPSA) is 73.7 Å². The van der Waals surface area contributed by atoms with Gasteiger partial charge in [0.25, 0.3) is 5.91 Å². The van der Waals surface area contributed by atoms with Crippen LogP contribution in [0.1, 0.15) is 10.4 Å². The van der Waals surface area contributed by atoms with Gasteiger partial charge < -0.3 is 10.0 Å². The smallest absolute Gasteiger partial charge is 0.317 e. The van der Waals surface area contributed by atoms with E-state index in [9.17, 15) is 9.59 Å². The van der Waals surface area contributed by atoms with E-state index < -0.39 is 5.97 Å². The van der Waals surface area contributed by atoms with Crippen molar-refractivity contribution in [3.8, 4) is 0 Å². The van der Waals surface area contributed by atoms with E-state index in [0.717, 1.165) is 0 Å². The molecule has 1 aliphatic rings. The molecule has 1 N–H and O–H groups in total. The molecule has 1 amide bonds. The summed E-state index contributed by atoms with van der Waals surface area (Å²) < 4.78 is 0. The maximum atomic E-state index is 12.3. The van der Waals surface area contributed by atoms with Gasteiger partial charge in [-0.05, 0) is 12.1 Å². The van der Waals surface area contributed by atoms with Crippen molar-refractivity contribution in [1.82, 2.24) is 14.8 Å². The van der Waals surface area contributed by atoms with E-state index in [2.05, 4.69) is 4.98 Å². The summed E-state index contributed by atoms with van der Waals surface area (Å²) in [6.07, 6.45) is 0. The average Bonchev–Trinajstić information content (AvgIpc) is 2.38. The second kappa shape index (κ2) is 6.39. The maximum Gasteiger partial charge on any atom is 0.317 e. The Morgan fingerprint density at radius 3 is 2.40 bits per heavy atom. The molecule has 108 valence electrons. The first kappa shape index (κ1) is 15.0. The minimum Gasteiger partial charge on any atom is -0.480 e. The number of hydrogen-bond donors (Lipinski definition) is 1. The first-order chi connectivity index (χ1) is 9.47. The fourth-order valence-corrected chi connectivity index (χ4v) is 2.47. The number of aliphatic carboxylic acids is 1. The van der Waals surface area contributed by atoms with Crippen LogP contribution >= 0.6 is 23.2 Å². The lowest BCUT2D eigenvalue weighted by atomic mass is 10.2. The molecule has 0 aromatic carbocycles. The van der Waals surface area contributed by atoms with Crippen molar-refractivity contribution in [2.24, 2.45) is 0 Å². The van der Waals surface area contributed by atoms with Gasteiger partial charge in [0.15, 0.2) is 0 Å². The Morgan fingerprint density at radius 2 is 1.85 bits per heavy atom. The molecule has 2 heterocycles. The minimum atomic E-state index is -0.866. The Morgan fingerprint density at radius 1 is 1.20 bits per heavy atom. The highest BCUT2D eigenvalue weighted by atomic mass is 35.5. The van der Waals surface area contributed by atoms with Gasteiger partial charge in [0, 0.05) is 26.2 Å². The zero-order valence-electron chi connectivity index (χ0n) is 10.6. The van der Waals surface area contributed by atoms with Crippen molar-refractivity contribution in [3.05, 3.63) is 28.0 Å². The lowest BCUT2D eigenvalue weighted by Gasteiger charge is -2.33. The van der Waals surface area contributed by atoms with Crippen LogP contribution in [-0.2, 0) is 4.79 Å². The summed E-state index contributed by atoms with van der Waals surface area (Å²) >= 11 is 11.6. The van der Waals surface area contributed by atoms with Gasteiger partial charge >= 0.3 is 5.97 Å². The van der Waals surface area contributed by atoms with Crippen LogP contribution in [0.3, 0.4) is 0 Å². The lowest BCUT2D eigenvalue weighted by Crippen LogP contribution is -2.50. The molecule has 0 unspecified atom stereocenters. The number of carbonyl (C=O) groups is 2. The van der Waals surface area contributed by atoms with Crippen LogP contribution < -0.4 is 0 Å². The molecule has 0 radical (unpaired) electrons. The quantitative estimate of drug-likeness (QED) is 0.849. The van der Waals surface area contributed by atoms with E-state index in [-0.39, 0.29) is 22.8 Å². The van der Waals surface area contributed by atoms with Gasteiger partial charge in [0.05, 0.1) is 12.1 Å². The number of nitrogens with zero attached hydrogens (tertiary/aromatic N) is 3. The average molecular weight is 318 g/mol. The van der Waals surface area contributed by atoms with Crippen LogP contribution in [0.15, 0.2) is 12.1 Å². The molecule has 0 saturated carbocycles. The van der Waals surface area contributed by atoms with Gasteiger partial charge in [-0.1, -0.05) is 23.2 Å². The summed E-state index contributed by atoms with van der Waals surface area (Å²) in [7, 11) is 0. The number of rotatable bonds is 3. The van der Waals surface area contributed by atoms with E-state index in [1.54, 1.807) is 15.9 Å². The third kappa shape index (κ3) is 3.59. The standard InChI is InChI=1S/C12H13Cl2N3O3/c13-9-2-1-8(11(14)15-9)12(20)17-5-3-16(4-6-17)7-10(18)19/h1-2H,3-7H2,(H,18,19). The number of piperazine rings is 1. The molecular weight excluding hydrogens is 305 g/mol. The number of carboxylic acid groups (broad SMARTS) is 1. The Hall–Kier alpha value is -1.37. The van der Waals surface area contributed by atoms with Crippen LogP contribution in [0.4, 0.5) is 0 Å². The molecule has 0 bridgehead atoms. The van der Waals surface area contributed by atoms with Crippen molar-refractivity contribution < 1.29 is 14.7 Å². The number of carboxylic acids is 1. The molecule has 0 spiro atoms. The van der Waals surface area contributed by atoms with Crippen molar-refractivity contribution >= 4 is 35.1 Å². The number of aromatic nitrogens is 1. The van der Waals surface area contributed by atoms with Crippen molar-refractivity contribution in [3.63, 3.8) is 0 Å². The molecule has 20 heavy (non-hydrogen) atoms. The maximum absolute atomic E-state index is 12.3. The fourth-order valence-electron chi connectivity index (χ4n) is 2.04. The van der Waals surface area contributed by atoms with Crippen LogP contribution in [0.2, 0.25) is 10.3 Å². The highest BCUT2D eigenvalue weighted by Gasteiger charge is 2.24. The first-order valence-corrected chi connectivity index (χ1v) is 6.78. The summed E-state index contributed by atoms with van der Waals surface area (Å²) in [5, 5.41) is 9.03. The molecule has 2 rings (SSSR count). The van der Waals surface area contributed by atoms with Crippen molar-refractivity contribution in [2.45, 2.75) is 0 Å². The largest absolute Gasteiger partial charge is 0.480 e. The van der Waals surface area contributed by atoms with Crippen LogP contribution in [0.5, 0.6) is 0 Å². The minimum absolute atomic E-state index is 0.00864. The highest BCUT2D eigenvalue weighted by Crippen LogP contribution is 2.19. The lowest BCUT2D eigenvalue weighted by molar-refractivity contribution is -0.138. The fraction of sp³-hybridized carbons (Fsp3) is 0.417. The Balaban J connectivity index is 1.99. The number of carbonyl (C=O) groups excluding carboxylic acids is 1. The zero-order chi connectivity index (χ0) is 14.7. The van der Waals surface area contributed by atoms with E-state index in [0.29, 0.717) is 31.7 Å². The Kier molecular flexibility index (Phi) is 4.80. The third-order valence-electron chi connectivity index (χ3n) is 3.06. The third-order valence-corrected chi connectivity index (χ3v) is 3.56. The SMILES string of the molecule is O=C(O)CN1CCN(C(=O)c2ccc(Cl)nc2Cl)CC1. The highest BCUT2D eigenvalue weighted by molar-refractivity contribution is 6.34. The van der Waals surface area contributed by atoms with Gasteiger partial charge in [-0.15, -0.1) is 0 Å². The van der Waals surface area contributed by atoms with Crippen molar-refractivity contribution in [2.75, 3.05) is 32.7 Å². The number of pyridine rings is 1. The second-order valence-corrected chi connectivity index (χ2v) is 5.18. The molecule has 1 aromatic heterocycles. The van der Waals surface area contributed by atoms with Gasteiger partial charge in [-0.25, -0.2) is 4.98 Å². The molecule has 1 fully saturated rings. The Labute approximate surface area is 125 Å². The van der Waals surface area contributed by atoms with Gasteiger partial charge in [0.1, 0.15) is 10.3 Å². The molecule has 1 aromatic rings. The summed E-state index contributed by atoms with van der Waals surface area (Å²) in [6, 6.07) is 3.06. The van der Waals surface area contributed by atoms with Crippen LogP contribution in [-0.4, -0.2) is 64.5 Å². The normalized spacial score (nSPS) is 16.2. The van der Waals surface area contributed by atoms with Gasteiger partial charge in [0.2, 0.25) is 0 Å². The van der Waals surface area contributed by atoms with Crippen molar-refractivity contribution in [1.29, 1.82) is 0 Å². The summed E-state index contributed by atoms with van der Waals surface area (Å²) in [6.45, 7) is 1.97. The van der Waals surface area contributed by atoms with E-state index in [4.69, 9.17) is 28.3 Å². The molecule has 1 saturated heterocycles. The van der Waals surface area contributed by atoms with Gasteiger partial charge in [-0.3, -0.25) is 14.5 Å². The predicted octanol–water partition coefficient (Wildman–Crippen LogP) is 1.23. The summed E-state index contributed by atoms with van der Waals surface area (Å²) in [5.41, 5.74) is 0.308. The van der Waals surface area contributed by atoms with Crippen LogP contribution in [0, 0.1) is 0 Å². The predicted molar refractivity (Wildman–Crippen MR) is 74.2 cm³/mol. The van der Waals surface area contributed by atoms with E-state index in [1.807, 2.05) is 0 Å². The summed E-state index contributed by atoms with van der Waals surface area (Å²) in [5.74, 6) is -1.08. The zero-order valence-corrected chi connectivity index (χ0v) is 12.1. The molecule has 0 aliphatic carbocycles. The monoisotopic (exact) mass is 317 g/mol. The molecule has 6 nitrogen and oxygen atoms in total. The molecular formula is C12H13Cl2N3O3. The number of halogens is 2. The Bertz CT molecular complexity index is 531. The summed E-state index contributed by atoms with van der Waals surface area (Å²) in [4.78, 5) is 30.2. The molecule has 0 atom stereocenters. The van der Waals surface area contributed by atoms with E-state index in [1.165, 1.54) is 6.07 Å². The van der Waals surface area contributed by atoms with E-state index >= 15 is 0 Å². The number of amides is 1. The molecule has 1 aliphatic heterocycles. The first-order valence-electron chi connectivity index (χ1n) is 6.03. The molecule has 8 heteroatoms. The van der Waals surface area contributed by atoms with Crippen LogP contribution in [0.25, 0.3) is 0 Å². The van der Waals surface area contributed by atoms with Gasteiger partial charge in [-0.2, -0.15) is 0 Å². The number of hydrogen-bond acceptors (Lipinski definition) is 4. The second-order valence-electron chi connectivity index (χ2n) is 4.43.